The Balaban J connectivity index is 1.77. The molecular formula is C16H25N3O2. The highest BCUT2D eigenvalue weighted by atomic mass is 16.4. The number of fused-ring (bicyclic) bond motifs is 1. The summed E-state index contributed by atoms with van der Waals surface area (Å²) in [5.74, 6) is 0.885. The van der Waals surface area contributed by atoms with Crippen LogP contribution in [0.2, 0.25) is 0 Å². The van der Waals surface area contributed by atoms with E-state index in [0.29, 0.717) is 5.92 Å². The fourth-order valence-corrected chi connectivity index (χ4v) is 3.86. The van der Waals surface area contributed by atoms with Crippen molar-refractivity contribution >= 4 is 5.97 Å². The molecule has 5 nitrogen and oxygen atoms in total. The van der Waals surface area contributed by atoms with Crippen LogP contribution in [0.3, 0.4) is 0 Å². The first kappa shape index (κ1) is 14.6. The molecule has 0 bridgehead atoms. The van der Waals surface area contributed by atoms with Crippen LogP contribution >= 0.6 is 0 Å². The summed E-state index contributed by atoms with van der Waals surface area (Å²) < 4.78 is 2.01. The SMILES string of the molecule is CCN1CCCC(Cc2ncc3n2C(C(=O)O)CCC3)C1. The number of rotatable bonds is 4. The number of piperidine rings is 1. The van der Waals surface area contributed by atoms with E-state index in [-0.39, 0.29) is 0 Å². The van der Waals surface area contributed by atoms with Crippen molar-refractivity contribution in [3.63, 3.8) is 0 Å². The highest BCUT2D eigenvalue weighted by Crippen LogP contribution is 2.29. The lowest BCUT2D eigenvalue weighted by Gasteiger charge is -2.32. The van der Waals surface area contributed by atoms with Gasteiger partial charge in [-0.25, -0.2) is 9.78 Å². The number of likely N-dealkylation sites (tertiary alicyclic amines) is 1. The second-order valence-electron chi connectivity index (χ2n) is 6.39. The molecule has 0 aliphatic carbocycles. The molecule has 0 saturated carbocycles. The Morgan fingerprint density at radius 1 is 1.43 bits per heavy atom. The molecule has 5 heteroatoms. The molecule has 3 heterocycles. The van der Waals surface area contributed by atoms with Crippen LogP contribution in [0.15, 0.2) is 6.20 Å². The van der Waals surface area contributed by atoms with E-state index in [4.69, 9.17) is 0 Å². The van der Waals surface area contributed by atoms with E-state index < -0.39 is 12.0 Å². The first-order chi connectivity index (χ1) is 10.2. The number of imidazole rings is 1. The van der Waals surface area contributed by atoms with E-state index in [9.17, 15) is 9.90 Å². The van der Waals surface area contributed by atoms with Crippen molar-refractivity contribution in [1.82, 2.24) is 14.5 Å². The second kappa shape index (κ2) is 6.18. The molecule has 0 aromatic carbocycles. The van der Waals surface area contributed by atoms with Crippen molar-refractivity contribution in [2.75, 3.05) is 19.6 Å². The van der Waals surface area contributed by atoms with E-state index in [2.05, 4.69) is 16.8 Å². The van der Waals surface area contributed by atoms with Crippen molar-refractivity contribution in [3.8, 4) is 0 Å². The van der Waals surface area contributed by atoms with Crippen molar-refractivity contribution in [1.29, 1.82) is 0 Å². The van der Waals surface area contributed by atoms with Crippen LogP contribution in [0.1, 0.15) is 50.2 Å². The summed E-state index contributed by atoms with van der Waals surface area (Å²) in [4.78, 5) is 18.5. The van der Waals surface area contributed by atoms with Crippen LogP contribution < -0.4 is 0 Å². The largest absolute Gasteiger partial charge is 0.480 e. The molecule has 116 valence electrons. The molecule has 0 spiro atoms. The first-order valence-corrected chi connectivity index (χ1v) is 8.19. The Labute approximate surface area is 126 Å². The molecule has 1 aromatic heterocycles. The lowest BCUT2D eigenvalue weighted by Crippen LogP contribution is -2.36. The highest BCUT2D eigenvalue weighted by Gasteiger charge is 2.30. The standard InChI is InChI=1S/C16H25N3O2/c1-2-18-8-4-5-12(11-18)9-15-17-10-13-6-3-7-14(16(20)21)19(13)15/h10,12,14H,2-9,11H2,1H3,(H,20,21). The number of hydrogen-bond acceptors (Lipinski definition) is 3. The van der Waals surface area contributed by atoms with Gasteiger partial charge in [-0.1, -0.05) is 6.92 Å². The van der Waals surface area contributed by atoms with E-state index in [1.807, 2.05) is 10.8 Å². The zero-order chi connectivity index (χ0) is 14.8. The normalized spacial score (nSPS) is 26.5. The van der Waals surface area contributed by atoms with Crippen LogP contribution in [0, 0.1) is 5.92 Å². The van der Waals surface area contributed by atoms with Gasteiger partial charge < -0.3 is 14.6 Å². The van der Waals surface area contributed by atoms with Gasteiger partial charge in [0.15, 0.2) is 0 Å². The van der Waals surface area contributed by atoms with Crippen LogP contribution in [-0.2, 0) is 17.6 Å². The number of carbonyl (C=O) groups is 1. The van der Waals surface area contributed by atoms with Gasteiger partial charge in [-0.05, 0) is 51.1 Å². The van der Waals surface area contributed by atoms with Crippen LogP contribution in [0.25, 0.3) is 0 Å². The predicted molar refractivity (Wildman–Crippen MR) is 80.4 cm³/mol. The molecular weight excluding hydrogens is 266 g/mol. The maximum absolute atomic E-state index is 11.5. The quantitative estimate of drug-likeness (QED) is 0.923. The van der Waals surface area contributed by atoms with Crippen molar-refractivity contribution in [3.05, 3.63) is 17.7 Å². The van der Waals surface area contributed by atoms with Crippen molar-refractivity contribution < 1.29 is 9.90 Å². The summed E-state index contributed by atoms with van der Waals surface area (Å²) in [5.41, 5.74) is 1.10. The first-order valence-electron chi connectivity index (χ1n) is 8.19. The Hall–Kier alpha value is -1.36. The zero-order valence-corrected chi connectivity index (χ0v) is 12.8. The summed E-state index contributed by atoms with van der Waals surface area (Å²) in [6.07, 6.45) is 7.94. The predicted octanol–water partition coefficient (Wildman–Crippen LogP) is 2.12. The van der Waals surface area contributed by atoms with E-state index in [1.54, 1.807) is 0 Å². The van der Waals surface area contributed by atoms with Crippen molar-refractivity contribution in [2.24, 2.45) is 5.92 Å². The lowest BCUT2D eigenvalue weighted by molar-refractivity contribution is -0.141. The summed E-state index contributed by atoms with van der Waals surface area (Å²) in [5, 5.41) is 9.46. The Morgan fingerprint density at radius 2 is 2.29 bits per heavy atom. The van der Waals surface area contributed by atoms with Gasteiger partial charge in [-0.2, -0.15) is 0 Å². The molecule has 2 atom stereocenters. The third kappa shape index (κ3) is 2.98. The molecule has 0 radical (unpaired) electrons. The van der Waals surface area contributed by atoms with Gasteiger partial charge in [0.2, 0.25) is 0 Å². The van der Waals surface area contributed by atoms with Gasteiger partial charge in [0, 0.05) is 24.9 Å². The van der Waals surface area contributed by atoms with Crippen LogP contribution in [0.5, 0.6) is 0 Å². The van der Waals surface area contributed by atoms with E-state index in [1.165, 1.54) is 19.4 Å². The van der Waals surface area contributed by atoms with Gasteiger partial charge in [0.25, 0.3) is 0 Å². The molecule has 0 amide bonds. The molecule has 1 fully saturated rings. The minimum atomic E-state index is -0.714. The number of aromatic nitrogens is 2. The van der Waals surface area contributed by atoms with Gasteiger partial charge in [-0.15, -0.1) is 0 Å². The van der Waals surface area contributed by atoms with E-state index >= 15 is 0 Å². The van der Waals surface area contributed by atoms with Crippen molar-refractivity contribution in [2.45, 2.75) is 51.5 Å². The van der Waals surface area contributed by atoms with Crippen LogP contribution in [-0.4, -0.2) is 45.2 Å². The number of carboxylic acid groups (broad SMARTS) is 1. The minimum Gasteiger partial charge on any atom is -0.480 e. The maximum Gasteiger partial charge on any atom is 0.326 e. The smallest absolute Gasteiger partial charge is 0.326 e. The number of nitrogens with zero attached hydrogens (tertiary/aromatic N) is 3. The monoisotopic (exact) mass is 291 g/mol. The zero-order valence-electron chi connectivity index (χ0n) is 12.8. The lowest BCUT2D eigenvalue weighted by atomic mass is 9.94. The maximum atomic E-state index is 11.5. The molecule has 1 saturated heterocycles. The fraction of sp³-hybridized carbons (Fsp3) is 0.750. The molecule has 1 N–H and O–H groups in total. The summed E-state index contributed by atoms with van der Waals surface area (Å²) in [6.45, 7) is 5.63. The van der Waals surface area contributed by atoms with Crippen LogP contribution in [0.4, 0.5) is 0 Å². The third-order valence-electron chi connectivity index (χ3n) is 4.98. The Bertz CT molecular complexity index is 512. The molecule has 21 heavy (non-hydrogen) atoms. The average molecular weight is 291 g/mol. The summed E-state index contributed by atoms with van der Waals surface area (Å²) >= 11 is 0. The number of carboxylic acids is 1. The minimum absolute atomic E-state index is 0.405. The summed E-state index contributed by atoms with van der Waals surface area (Å²) in [6, 6.07) is -0.405. The Kier molecular flexibility index (Phi) is 4.29. The summed E-state index contributed by atoms with van der Waals surface area (Å²) in [7, 11) is 0. The van der Waals surface area contributed by atoms with Gasteiger partial charge in [0.1, 0.15) is 11.9 Å². The number of aliphatic carboxylic acids is 1. The molecule has 2 aliphatic heterocycles. The molecule has 2 aliphatic rings. The Morgan fingerprint density at radius 3 is 3.05 bits per heavy atom. The number of hydrogen-bond donors (Lipinski definition) is 1. The van der Waals surface area contributed by atoms with Gasteiger partial charge in [-0.3, -0.25) is 0 Å². The molecule has 1 aromatic rings. The van der Waals surface area contributed by atoms with E-state index in [0.717, 1.165) is 50.3 Å². The second-order valence-corrected chi connectivity index (χ2v) is 6.39. The van der Waals surface area contributed by atoms with Gasteiger partial charge >= 0.3 is 5.97 Å². The number of aryl methyl sites for hydroxylation is 1. The fourth-order valence-electron chi connectivity index (χ4n) is 3.86. The highest BCUT2D eigenvalue weighted by molar-refractivity contribution is 5.72. The topological polar surface area (TPSA) is 58.4 Å². The van der Waals surface area contributed by atoms with Gasteiger partial charge in [0.05, 0.1) is 0 Å². The average Bonchev–Trinajstić information content (AvgIpc) is 2.90. The molecule has 3 rings (SSSR count). The third-order valence-corrected chi connectivity index (χ3v) is 4.98. The molecule has 2 unspecified atom stereocenters.